The van der Waals surface area contributed by atoms with Crippen LogP contribution in [0.2, 0.25) is 0 Å². The standard InChI is InChI=1S/C20H23NO6/c1-13(2)11-16(19(23)25-3)21-17(22)12-27-20(24)18-15(9-10-26-18)14-7-5-4-6-8-14/h4-10,13,16H,11-12H2,1-3H3,(H,21,22). The second kappa shape index (κ2) is 9.56. The third-order valence-corrected chi connectivity index (χ3v) is 3.80. The van der Waals surface area contributed by atoms with Crippen LogP contribution in [0, 0.1) is 5.92 Å². The Morgan fingerprint density at radius 3 is 2.44 bits per heavy atom. The summed E-state index contributed by atoms with van der Waals surface area (Å²) in [5.74, 6) is -1.70. The minimum atomic E-state index is -0.787. The van der Waals surface area contributed by atoms with Crippen LogP contribution < -0.4 is 5.32 Å². The lowest BCUT2D eigenvalue weighted by Crippen LogP contribution is -2.44. The molecule has 1 aromatic carbocycles. The Labute approximate surface area is 157 Å². The summed E-state index contributed by atoms with van der Waals surface area (Å²) in [4.78, 5) is 36.1. The first-order valence-electron chi connectivity index (χ1n) is 8.59. The quantitative estimate of drug-likeness (QED) is 0.715. The van der Waals surface area contributed by atoms with Gasteiger partial charge < -0.3 is 19.2 Å². The average Bonchev–Trinajstić information content (AvgIpc) is 3.15. The van der Waals surface area contributed by atoms with E-state index < -0.39 is 30.5 Å². The smallest absolute Gasteiger partial charge is 0.375 e. The normalized spacial score (nSPS) is 11.7. The number of amides is 1. The first-order chi connectivity index (χ1) is 12.9. The molecule has 7 nitrogen and oxygen atoms in total. The van der Waals surface area contributed by atoms with Gasteiger partial charge in [-0.05, 0) is 24.0 Å². The van der Waals surface area contributed by atoms with Crippen molar-refractivity contribution in [2.45, 2.75) is 26.3 Å². The number of carbonyl (C=O) groups excluding carboxylic acids is 3. The van der Waals surface area contributed by atoms with Crippen LogP contribution in [0.3, 0.4) is 0 Å². The monoisotopic (exact) mass is 373 g/mol. The van der Waals surface area contributed by atoms with Gasteiger partial charge in [0, 0.05) is 5.56 Å². The highest BCUT2D eigenvalue weighted by atomic mass is 16.5. The van der Waals surface area contributed by atoms with E-state index in [1.165, 1.54) is 13.4 Å². The molecule has 1 aromatic heterocycles. The molecule has 0 fully saturated rings. The van der Waals surface area contributed by atoms with Gasteiger partial charge in [-0.25, -0.2) is 9.59 Å². The van der Waals surface area contributed by atoms with E-state index in [0.717, 1.165) is 5.56 Å². The highest BCUT2D eigenvalue weighted by Gasteiger charge is 2.24. The molecule has 1 atom stereocenters. The number of methoxy groups -OCH3 is 1. The lowest BCUT2D eigenvalue weighted by atomic mass is 10.0. The second-order valence-corrected chi connectivity index (χ2v) is 6.38. The number of carbonyl (C=O) groups is 3. The molecule has 1 unspecified atom stereocenters. The van der Waals surface area contributed by atoms with Crippen LogP contribution in [-0.2, 0) is 19.1 Å². The van der Waals surface area contributed by atoms with Gasteiger partial charge >= 0.3 is 11.9 Å². The van der Waals surface area contributed by atoms with Gasteiger partial charge in [0.1, 0.15) is 6.04 Å². The molecule has 0 aliphatic carbocycles. The molecule has 0 radical (unpaired) electrons. The zero-order valence-corrected chi connectivity index (χ0v) is 15.6. The van der Waals surface area contributed by atoms with Gasteiger partial charge in [0.05, 0.1) is 13.4 Å². The number of hydrogen-bond donors (Lipinski definition) is 1. The summed E-state index contributed by atoms with van der Waals surface area (Å²) in [7, 11) is 1.25. The first kappa shape index (κ1) is 20.2. The zero-order chi connectivity index (χ0) is 19.8. The van der Waals surface area contributed by atoms with Crippen molar-refractivity contribution in [1.29, 1.82) is 0 Å². The minimum Gasteiger partial charge on any atom is -0.467 e. The van der Waals surface area contributed by atoms with E-state index in [4.69, 9.17) is 9.15 Å². The van der Waals surface area contributed by atoms with E-state index >= 15 is 0 Å². The predicted molar refractivity (Wildman–Crippen MR) is 97.8 cm³/mol. The molecule has 1 N–H and O–H groups in total. The summed E-state index contributed by atoms with van der Waals surface area (Å²) in [6, 6.07) is 10.1. The molecule has 1 amide bonds. The van der Waals surface area contributed by atoms with E-state index in [2.05, 4.69) is 10.1 Å². The maximum atomic E-state index is 12.3. The van der Waals surface area contributed by atoms with Gasteiger partial charge in [-0.3, -0.25) is 4.79 Å². The molecule has 7 heteroatoms. The second-order valence-electron chi connectivity index (χ2n) is 6.38. The number of rotatable bonds is 8. The molecular formula is C20H23NO6. The van der Waals surface area contributed by atoms with Gasteiger partial charge in [0.2, 0.25) is 5.76 Å². The fourth-order valence-electron chi connectivity index (χ4n) is 2.57. The van der Waals surface area contributed by atoms with Crippen molar-refractivity contribution >= 4 is 17.8 Å². The summed E-state index contributed by atoms with van der Waals surface area (Å²) in [6.45, 7) is 3.31. The van der Waals surface area contributed by atoms with Gasteiger partial charge in [0.25, 0.3) is 5.91 Å². The van der Waals surface area contributed by atoms with Crippen molar-refractivity contribution in [2.75, 3.05) is 13.7 Å². The minimum absolute atomic E-state index is 0.0145. The Balaban J connectivity index is 1.96. The maximum Gasteiger partial charge on any atom is 0.375 e. The first-order valence-corrected chi connectivity index (χ1v) is 8.59. The summed E-state index contributed by atoms with van der Waals surface area (Å²) in [5.41, 5.74) is 1.37. The maximum absolute atomic E-state index is 12.3. The summed E-state index contributed by atoms with van der Waals surface area (Å²) in [5, 5.41) is 2.52. The van der Waals surface area contributed by atoms with E-state index in [1.54, 1.807) is 6.07 Å². The molecule has 0 aliphatic heterocycles. The number of esters is 2. The molecule has 1 heterocycles. The van der Waals surface area contributed by atoms with Crippen LogP contribution in [0.1, 0.15) is 30.8 Å². The Hall–Kier alpha value is -3.09. The summed E-state index contributed by atoms with van der Waals surface area (Å²) >= 11 is 0. The Morgan fingerprint density at radius 2 is 1.81 bits per heavy atom. The van der Waals surface area contributed by atoms with E-state index in [9.17, 15) is 14.4 Å². The highest BCUT2D eigenvalue weighted by Crippen LogP contribution is 2.25. The van der Waals surface area contributed by atoms with Crippen molar-refractivity contribution < 1.29 is 28.3 Å². The molecule has 0 spiro atoms. The van der Waals surface area contributed by atoms with E-state index in [-0.39, 0.29) is 11.7 Å². The Morgan fingerprint density at radius 1 is 1.11 bits per heavy atom. The number of hydrogen-bond acceptors (Lipinski definition) is 6. The fraction of sp³-hybridized carbons (Fsp3) is 0.350. The van der Waals surface area contributed by atoms with Crippen LogP contribution >= 0.6 is 0 Å². The Kier molecular flexibility index (Phi) is 7.16. The molecule has 2 rings (SSSR count). The molecule has 2 aromatic rings. The van der Waals surface area contributed by atoms with Crippen LogP contribution in [0.15, 0.2) is 47.1 Å². The molecular weight excluding hydrogens is 350 g/mol. The topological polar surface area (TPSA) is 94.8 Å². The van der Waals surface area contributed by atoms with Gasteiger partial charge in [-0.2, -0.15) is 0 Å². The molecule has 27 heavy (non-hydrogen) atoms. The number of benzene rings is 1. The molecule has 0 saturated carbocycles. The van der Waals surface area contributed by atoms with Crippen molar-refractivity contribution in [2.24, 2.45) is 5.92 Å². The third kappa shape index (κ3) is 5.70. The van der Waals surface area contributed by atoms with Crippen molar-refractivity contribution in [3.63, 3.8) is 0 Å². The fourth-order valence-corrected chi connectivity index (χ4v) is 2.57. The average molecular weight is 373 g/mol. The highest BCUT2D eigenvalue weighted by molar-refractivity contribution is 5.95. The lowest BCUT2D eigenvalue weighted by Gasteiger charge is -2.18. The van der Waals surface area contributed by atoms with Crippen molar-refractivity contribution in [1.82, 2.24) is 5.32 Å². The SMILES string of the molecule is COC(=O)C(CC(C)C)NC(=O)COC(=O)c1occc1-c1ccccc1. The van der Waals surface area contributed by atoms with Crippen LogP contribution in [0.4, 0.5) is 0 Å². The summed E-state index contributed by atoms with van der Waals surface area (Å²) < 4.78 is 14.9. The third-order valence-electron chi connectivity index (χ3n) is 3.80. The Bertz CT molecular complexity index is 781. The number of ether oxygens (including phenoxy) is 2. The molecule has 0 saturated heterocycles. The molecule has 144 valence electrons. The van der Waals surface area contributed by atoms with Crippen LogP contribution in [-0.4, -0.2) is 37.6 Å². The molecule has 0 bridgehead atoms. The summed E-state index contributed by atoms with van der Waals surface area (Å²) in [6.07, 6.45) is 1.80. The van der Waals surface area contributed by atoms with Crippen LogP contribution in [0.5, 0.6) is 0 Å². The van der Waals surface area contributed by atoms with Crippen molar-refractivity contribution in [3.05, 3.63) is 48.4 Å². The van der Waals surface area contributed by atoms with Crippen LogP contribution in [0.25, 0.3) is 11.1 Å². The largest absolute Gasteiger partial charge is 0.467 e. The number of furan rings is 1. The van der Waals surface area contributed by atoms with Crippen molar-refractivity contribution in [3.8, 4) is 11.1 Å². The number of nitrogens with one attached hydrogen (secondary N) is 1. The van der Waals surface area contributed by atoms with Gasteiger partial charge in [0.15, 0.2) is 6.61 Å². The lowest BCUT2D eigenvalue weighted by molar-refractivity contribution is -0.145. The van der Waals surface area contributed by atoms with Gasteiger partial charge in [-0.15, -0.1) is 0 Å². The van der Waals surface area contributed by atoms with Gasteiger partial charge in [-0.1, -0.05) is 44.2 Å². The zero-order valence-electron chi connectivity index (χ0n) is 15.6. The predicted octanol–water partition coefficient (Wildman–Crippen LogP) is 2.81. The van der Waals surface area contributed by atoms with E-state index in [1.807, 2.05) is 44.2 Å². The molecule has 0 aliphatic rings. The van der Waals surface area contributed by atoms with E-state index in [0.29, 0.717) is 12.0 Å².